The number of hydrogen-bond acceptors (Lipinski definition) is 7. The van der Waals surface area contributed by atoms with Crippen LogP contribution in [0.15, 0.2) is 53.2 Å². The lowest BCUT2D eigenvalue weighted by molar-refractivity contribution is -0.0489. The second-order valence-corrected chi connectivity index (χ2v) is 11.3. The predicted octanol–water partition coefficient (Wildman–Crippen LogP) is 6.84. The molecule has 41 heavy (non-hydrogen) atoms. The fourth-order valence-corrected chi connectivity index (χ4v) is 6.25. The molecule has 0 atom stereocenters. The molecule has 10 heteroatoms. The Morgan fingerprint density at radius 2 is 1.98 bits per heavy atom. The van der Waals surface area contributed by atoms with E-state index >= 15 is 0 Å². The summed E-state index contributed by atoms with van der Waals surface area (Å²) in [5.74, 6) is -0.0542. The molecule has 1 saturated heterocycles. The topological polar surface area (TPSA) is 102 Å². The van der Waals surface area contributed by atoms with Gasteiger partial charge in [0.05, 0.1) is 5.52 Å². The minimum absolute atomic E-state index is 0.101. The first-order valence-electron chi connectivity index (χ1n) is 13.8. The predicted molar refractivity (Wildman–Crippen MR) is 148 cm³/mol. The summed E-state index contributed by atoms with van der Waals surface area (Å²) in [6.07, 6.45) is 9.32. The summed E-state index contributed by atoms with van der Waals surface area (Å²) >= 11 is 0. The lowest BCUT2D eigenvalue weighted by Crippen LogP contribution is -2.42. The fraction of sp³-hybridized carbons (Fsp3) is 0.355. The Labute approximate surface area is 234 Å². The number of fused-ring (bicyclic) bond motifs is 1. The number of carbonyl (C=O) groups is 1. The summed E-state index contributed by atoms with van der Waals surface area (Å²) in [7, 11) is 0. The van der Waals surface area contributed by atoms with E-state index < -0.39 is 12.6 Å². The van der Waals surface area contributed by atoms with Crippen LogP contribution < -0.4 is 9.64 Å². The van der Waals surface area contributed by atoms with E-state index in [1.54, 1.807) is 18.3 Å². The van der Waals surface area contributed by atoms with E-state index in [-0.39, 0.29) is 16.9 Å². The van der Waals surface area contributed by atoms with Crippen LogP contribution in [0, 0.1) is 12.3 Å². The van der Waals surface area contributed by atoms with E-state index in [0.717, 1.165) is 85.2 Å². The number of carboxylic acid groups (broad SMARTS) is 1. The number of alkyl halides is 2. The van der Waals surface area contributed by atoms with E-state index in [2.05, 4.69) is 30.8 Å². The van der Waals surface area contributed by atoms with Gasteiger partial charge in [-0.2, -0.15) is 8.78 Å². The molecule has 8 nitrogen and oxygen atoms in total. The highest BCUT2D eigenvalue weighted by atomic mass is 19.3. The first kappa shape index (κ1) is 25.6. The van der Waals surface area contributed by atoms with Gasteiger partial charge in [0.25, 0.3) is 0 Å². The number of carboxylic acids is 1. The molecule has 3 aliphatic rings. The average Bonchev–Trinajstić information content (AvgIpc) is 3.70. The van der Waals surface area contributed by atoms with Crippen molar-refractivity contribution in [2.24, 2.45) is 5.41 Å². The van der Waals surface area contributed by atoms with E-state index in [4.69, 9.17) is 4.52 Å². The number of ether oxygens (including phenoxy) is 1. The third-order valence-corrected chi connectivity index (χ3v) is 8.59. The fourth-order valence-electron chi connectivity index (χ4n) is 6.25. The quantitative estimate of drug-likeness (QED) is 0.263. The molecule has 0 bridgehead atoms. The molecule has 3 aromatic heterocycles. The Hall–Kier alpha value is -4.34. The molecule has 0 radical (unpaired) electrons. The molecule has 2 aliphatic carbocycles. The van der Waals surface area contributed by atoms with Crippen LogP contribution in [0.4, 0.5) is 14.5 Å². The number of nitrogens with zero attached hydrogens (tertiary/aromatic N) is 4. The highest BCUT2D eigenvalue weighted by Gasteiger charge is 2.44. The first-order valence-corrected chi connectivity index (χ1v) is 13.8. The lowest BCUT2D eigenvalue weighted by atomic mass is 9.63. The van der Waals surface area contributed by atoms with Gasteiger partial charge in [0.15, 0.2) is 5.69 Å². The summed E-state index contributed by atoms with van der Waals surface area (Å²) < 4.78 is 36.8. The molecule has 210 valence electrons. The van der Waals surface area contributed by atoms with Gasteiger partial charge >= 0.3 is 12.6 Å². The molecule has 0 amide bonds. The van der Waals surface area contributed by atoms with Crippen LogP contribution >= 0.6 is 0 Å². The monoisotopic (exact) mass is 558 g/mol. The zero-order chi connectivity index (χ0) is 28.3. The third-order valence-electron chi connectivity index (χ3n) is 8.59. The second kappa shape index (κ2) is 9.64. The van der Waals surface area contributed by atoms with E-state index in [9.17, 15) is 18.7 Å². The van der Waals surface area contributed by atoms with E-state index in [0.29, 0.717) is 16.8 Å². The number of piperidine rings is 1. The summed E-state index contributed by atoms with van der Waals surface area (Å²) in [4.78, 5) is 22.2. The van der Waals surface area contributed by atoms with Crippen molar-refractivity contribution in [3.05, 3.63) is 71.4 Å². The van der Waals surface area contributed by atoms with Crippen molar-refractivity contribution >= 4 is 28.1 Å². The van der Waals surface area contributed by atoms with Crippen molar-refractivity contribution in [2.75, 3.05) is 18.0 Å². The molecule has 2 fully saturated rings. The normalized spacial score (nSPS) is 18.0. The molecule has 4 aromatic rings. The van der Waals surface area contributed by atoms with Crippen molar-refractivity contribution in [2.45, 2.75) is 51.6 Å². The number of aromatic nitrogens is 3. The molecule has 1 spiro atoms. The summed E-state index contributed by atoms with van der Waals surface area (Å²) in [6.45, 7) is 0.519. The Bertz CT molecular complexity index is 1700. The van der Waals surface area contributed by atoms with Crippen LogP contribution in [-0.4, -0.2) is 45.9 Å². The van der Waals surface area contributed by atoms with Gasteiger partial charge in [-0.1, -0.05) is 11.2 Å². The number of aryl methyl sites for hydroxylation is 1. The minimum Gasteiger partial charge on any atom is -0.477 e. The second-order valence-electron chi connectivity index (χ2n) is 11.3. The zero-order valence-corrected chi connectivity index (χ0v) is 22.4. The first-order chi connectivity index (χ1) is 19.8. The van der Waals surface area contributed by atoms with Crippen molar-refractivity contribution < 1.29 is 27.9 Å². The Morgan fingerprint density at radius 3 is 2.66 bits per heavy atom. The number of benzene rings is 1. The molecular formula is C31H28F2N4O4. The number of aromatic carboxylic acids is 1. The maximum absolute atomic E-state index is 13.1. The molecule has 1 saturated carbocycles. The SMILES string of the molecule is Cc1ncccc1-c1noc(C2CC2)c1C1=CC2(CCN(c3ccc4nc(C(=O)O)cc(OC(F)F)c4c3)CC2)C1. The molecule has 4 heterocycles. The molecular weight excluding hydrogens is 530 g/mol. The van der Waals surface area contributed by atoms with Gasteiger partial charge in [-0.05, 0) is 80.3 Å². The molecule has 0 unspecified atom stereocenters. The van der Waals surface area contributed by atoms with Gasteiger partial charge in [0, 0.05) is 59.2 Å². The Balaban J connectivity index is 1.13. The summed E-state index contributed by atoms with van der Waals surface area (Å²) in [5.41, 5.74) is 6.18. The van der Waals surface area contributed by atoms with Crippen LogP contribution in [0.3, 0.4) is 0 Å². The van der Waals surface area contributed by atoms with Crippen LogP contribution in [0.25, 0.3) is 27.7 Å². The van der Waals surface area contributed by atoms with Gasteiger partial charge in [0.2, 0.25) is 0 Å². The molecule has 7 rings (SSSR count). The molecule has 1 N–H and O–H groups in total. The standard InChI is InChI=1S/C31H28F2N4O4/c1-17-21(3-2-10-34-17)27-26(28(41-36-27)18-4-5-18)19-15-31(16-19)8-11-37(12-9-31)20-6-7-23-22(13-20)25(40-30(32)33)14-24(35-23)29(38)39/h2-3,6-7,10,13-15,18,30H,4-5,8-9,11-12,16H2,1H3,(H,38,39). The number of allylic oxidation sites excluding steroid dienone is 2. The van der Waals surface area contributed by atoms with E-state index in [1.807, 2.05) is 25.1 Å². The number of hydrogen-bond donors (Lipinski definition) is 1. The number of anilines is 1. The van der Waals surface area contributed by atoms with Crippen molar-refractivity contribution in [3.8, 4) is 17.0 Å². The highest BCUT2D eigenvalue weighted by molar-refractivity contribution is 5.94. The highest BCUT2D eigenvalue weighted by Crippen LogP contribution is 2.55. The largest absolute Gasteiger partial charge is 0.477 e. The number of pyridine rings is 2. The van der Waals surface area contributed by atoms with Gasteiger partial charge < -0.3 is 19.3 Å². The average molecular weight is 559 g/mol. The van der Waals surface area contributed by atoms with Crippen LogP contribution in [0.1, 0.15) is 65.5 Å². The maximum atomic E-state index is 13.1. The third kappa shape index (κ3) is 4.61. The number of halogens is 2. The van der Waals surface area contributed by atoms with Crippen LogP contribution in [0.2, 0.25) is 0 Å². The van der Waals surface area contributed by atoms with Crippen LogP contribution in [-0.2, 0) is 0 Å². The van der Waals surface area contributed by atoms with Crippen LogP contribution in [0.5, 0.6) is 5.75 Å². The van der Waals surface area contributed by atoms with Gasteiger partial charge in [0.1, 0.15) is 17.2 Å². The maximum Gasteiger partial charge on any atom is 0.387 e. The molecule has 1 aliphatic heterocycles. The van der Waals surface area contributed by atoms with Gasteiger partial charge in [-0.15, -0.1) is 0 Å². The summed E-state index contributed by atoms with van der Waals surface area (Å²) in [5, 5.41) is 14.2. The van der Waals surface area contributed by atoms with E-state index in [1.165, 1.54) is 5.57 Å². The Kier molecular flexibility index (Phi) is 6.02. The zero-order valence-electron chi connectivity index (χ0n) is 22.4. The van der Waals surface area contributed by atoms with Gasteiger partial charge in [-0.25, -0.2) is 9.78 Å². The minimum atomic E-state index is -3.08. The van der Waals surface area contributed by atoms with Crippen molar-refractivity contribution in [1.29, 1.82) is 0 Å². The smallest absolute Gasteiger partial charge is 0.387 e. The lowest BCUT2D eigenvalue weighted by Gasteiger charge is -2.47. The van der Waals surface area contributed by atoms with Gasteiger partial charge in [-0.3, -0.25) is 4.98 Å². The van der Waals surface area contributed by atoms with Crippen molar-refractivity contribution in [3.63, 3.8) is 0 Å². The summed E-state index contributed by atoms with van der Waals surface area (Å²) in [6, 6.07) is 10.3. The number of rotatable bonds is 7. The molecule has 1 aromatic carbocycles. The Morgan fingerprint density at radius 1 is 1.20 bits per heavy atom. The van der Waals surface area contributed by atoms with Crippen molar-refractivity contribution in [1.82, 2.24) is 15.1 Å².